The lowest BCUT2D eigenvalue weighted by molar-refractivity contribution is 0.0736. The van der Waals surface area contributed by atoms with Gasteiger partial charge < -0.3 is 14.6 Å². The second-order valence-corrected chi connectivity index (χ2v) is 9.57. The second kappa shape index (κ2) is 7.30. The first-order chi connectivity index (χ1) is 12.2. The highest BCUT2D eigenvalue weighted by atomic mass is 32.2. The molecule has 1 aromatic rings. The summed E-state index contributed by atoms with van der Waals surface area (Å²) in [6.07, 6.45) is 0.934. The van der Waals surface area contributed by atoms with Crippen molar-refractivity contribution in [2.24, 2.45) is 0 Å². The molecule has 2 saturated heterocycles. The first-order valence-corrected chi connectivity index (χ1v) is 10.5. The van der Waals surface area contributed by atoms with Crippen molar-refractivity contribution in [1.82, 2.24) is 19.8 Å². The van der Waals surface area contributed by atoms with E-state index in [1.54, 1.807) is 25.7 Å². The molecular weight excluding hydrogens is 356 g/mol. The Balaban J connectivity index is 1.65. The van der Waals surface area contributed by atoms with Crippen molar-refractivity contribution in [2.75, 3.05) is 39.3 Å². The van der Waals surface area contributed by atoms with E-state index in [1.807, 2.05) is 0 Å². The monoisotopic (exact) mass is 384 g/mol. The van der Waals surface area contributed by atoms with Gasteiger partial charge in [-0.1, -0.05) is 0 Å². The summed E-state index contributed by atoms with van der Waals surface area (Å²) >= 11 is 0. The molecule has 0 aliphatic carbocycles. The van der Waals surface area contributed by atoms with E-state index >= 15 is 0 Å². The maximum atomic E-state index is 12.7. The molecule has 3 rings (SSSR count). The van der Waals surface area contributed by atoms with Crippen LogP contribution >= 0.6 is 0 Å². The Kier molecular flexibility index (Phi) is 5.43. The molecule has 2 N–H and O–H groups in total. The van der Waals surface area contributed by atoms with Crippen LogP contribution in [0.5, 0.6) is 0 Å². The predicted octanol–water partition coefficient (Wildman–Crippen LogP) is 0.476. The molecule has 146 valence electrons. The fourth-order valence-electron chi connectivity index (χ4n) is 3.46. The number of carbonyl (C=O) groups excluding carboxylic acids is 1. The zero-order valence-corrected chi connectivity index (χ0v) is 16.4. The first kappa shape index (κ1) is 19.3. The fraction of sp³-hybridized carbons (Fsp3) is 0.706. The van der Waals surface area contributed by atoms with Crippen molar-refractivity contribution >= 4 is 15.9 Å². The molecule has 0 spiro atoms. The van der Waals surface area contributed by atoms with Crippen LogP contribution in [0.3, 0.4) is 0 Å². The van der Waals surface area contributed by atoms with Gasteiger partial charge in [0, 0.05) is 50.8 Å². The summed E-state index contributed by atoms with van der Waals surface area (Å²) in [5.74, 6) is -0.180. The lowest BCUT2D eigenvalue weighted by Gasteiger charge is -2.32. The third kappa shape index (κ3) is 4.46. The number of hydrogen-bond acceptors (Lipinski definition) is 6. The third-order valence-corrected chi connectivity index (χ3v) is 6.25. The second-order valence-electron chi connectivity index (χ2n) is 7.95. The molecular formula is C17H28N4O4S. The normalized spacial score (nSPS) is 22.7. The van der Waals surface area contributed by atoms with E-state index in [-0.39, 0.29) is 16.8 Å². The summed E-state index contributed by atoms with van der Waals surface area (Å²) in [6, 6.07) is 3.14. The van der Waals surface area contributed by atoms with Crippen molar-refractivity contribution < 1.29 is 17.6 Å². The van der Waals surface area contributed by atoms with Gasteiger partial charge >= 0.3 is 0 Å². The van der Waals surface area contributed by atoms with E-state index in [0.29, 0.717) is 19.1 Å². The van der Waals surface area contributed by atoms with Gasteiger partial charge in [0.25, 0.3) is 15.9 Å². The standard InChI is InChI=1S/C17H28N4O4S/c1-17(2,3)19-26(23,24)15-5-4-14(25-15)16(22)21-9-6-13(12-21)20-10-7-18-8-11-20/h4-5,13,18-19H,6-12H2,1-3H3. The maximum absolute atomic E-state index is 12.7. The molecule has 0 bridgehead atoms. The van der Waals surface area contributed by atoms with Crippen molar-refractivity contribution in [3.8, 4) is 0 Å². The predicted molar refractivity (Wildman–Crippen MR) is 97.5 cm³/mol. The van der Waals surface area contributed by atoms with Gasteiger partial charge in [0.05, 0.1) is 0 Å². The summed E-state index contributed by atoms with van der Waals surface area (Å²) in [5, 5.41) is 3.10. The Morgan fingerprint density at radius 2 is 1.92 bits per heavy atom. The molecule has 1 aromatic heterocycles. The van der Waals surface area contributed by atoms with E-state index in [2.05, 4.69) is 14.9 Å². The Bertz CT molecular complexity index is 747. The van der Waals surface area contributed by atoms with Gasteiger partial charge in [-0.2, -0.15) is 0 Å². The van der Waals surface area contributed by atoms with Gasteiger partial charge in [0.1, 0.15) is 0 Å². The smallest absolute Gasteiger partial charge is 0.289 e. The van der Waals surface area contributed by atoms with Crippen molar-refractivity contribution in [2.45, 2.75) is 43.9 Å². The number of carbonyl (C=O) groups is 1. The highest BCUT2D eigenvalue weighted by Crippen LogP contribution is 2.21. The van der Waals surface area contributed by atoms with Crippen LogP contribution in [-0.4, -0.2) is 75.0 Å². The minimum Gasteiger partial charge on any atom is -0.438 e. The zero-order valence-electron chi connectivity index (χ0n) is 15.6. The number of likely N-dealkylation sites (tertiary alicyclic amines) is 1. The highest BCUT2D eigenvalue weighted by Gasteiger charge is 2.33. The maximum Gasteiger partial charge on any atom is 0.289 e. The van der Waals surface area contributed by atoms with E-state index in [1.165, 1.54) is 12.1 Å². The number of piperazine rings is 1. The van der Waals surface area contributed by atoms with Crippen molar-refractivity contribution in [1.29, 1.82) is 0 Å². The number of furan rings is 1. The fourth-order valence-corrected chi connectivity index (χ4v) is 4.81. The van der Waals surface area contributed by atoms with Gasteiger partial charge in [-0.25, -0.2) is 13.1 Å². The average molecular weight is 385 g/mol. The number of sulfonamides is 1. The SMILES string of the molecule is CC(C)(C)NS(=O)(=O)c1ccc(C(=O)N2CCC(N3CCNCC3)C2)o1. The van der Waals surface area contributed by atoms with Crippen LogP contribution in [0.2, 0.25) is 0 Å². The molecule has 0 aromatic carbocycles. The van der Waals surface area contributed by atoms with E-state index < -0.39 is 15.6 Å². The quantitative estimate of drug-likeness (QED) is 0.784. The van der Waals surface area contributed by atoms with Gasteiger partial charge in [-0.15, -0.1) is 0 Å². The molecule has 8 nitrogen and oxygen atoms in total. The Morgan fingerprint density at radius 3 is 2.58 bits per heavy atom. The van der Waals surface area contributed by atoms with Crippen LogP contribution in [0.1, 0.15) is 37.7 Å². The van der Waals surface area contributed by atoms with Crippen LogP contribution in [0, 0.1) is 0 Å². The van der Waals surface area contributed by atoms with Crippen molar-refractivity contribution in [3.05, 3.63) is 17.9 Å². The molecule has 2 aliphatic heterocycles. The van der Waals surface area contributed by atoms with Crippen LogP contribution in [0.15, 0.2) is 21.6 Å². The molecule has 0 saturated carbocycles. The molecule has 9 heteroatoms. The van der Waals surface area contributed by atoms with Crippen LogP contribution < -0.4 is 10.0 Å². The first-order valence-electron chi connectivity index (χ1n) is 9.03. The third-order valence-electron chi connectivity index (χ3n) is 4.62. The minimum absolute atomic E-state index is 0.0697. The van der Waals surface area contributed by atoms with E-state index in [9.17, 15) is 13.2 Å². The molecule has 0 radical (unpaired) electrons. The summed E-state index contributed by atoms with van der Waals surface area (Å²) in [6.45, 7) is 10.5. The zero-order chi connectivity index (χ0) is 18.9. The number of rotatable bonds is 4. The largest absolute Gasteiger partial charge is 0.438 e. The molecule has 26 heavy (non-hydrogen) atoms. The number of nitrogens with one attached hydrogen (secondary N) is 2. The van der Waals surface area contributed by atoms with Gasteiger partial charge in [0.15, 0.2) is 5.76 Å². The van der Waals surface area contributed by atoms with E-state index in [4.69, 9.17) is 4.42 Å². The topological polar surface area (TPSA) is 94.9 Å². The lowest BCUT2D eigenvalue weighted by Crippen LogP contribution is -2.49. The van der Waals surface area contributed by atoms with Crippen LogP contribution in [-0.2, 0) is 10.0 Å². The van der Waals surface area contributed by atoms with Gasteiger partial charge in [-0.05, 0) is 39.3 Å². The molecule has 3 heterocycles. The number of nitrogens with zero attached hydrogens (tertiary/aromatic N) is 2. The summed E-state index contributed by atoms with van der Waals surface area (Å²) in [7, 11) is -3.78. The van der Waals surface area contributed by atoms with Gasteiger partial charge in [-0.3, -0.25) is 9.69 Å². The average Bonchev–Trinajstić information content (AvgIpc) is 3.23. The minimum atomic E-state index is -3.78. The molecule has 1 atom stereocenters. The molecule has 2 aliphatic rings. The van der Waals surface area contributed by atoms with Gasteiger partial charge in [0.2, 0.25) is 5.09 Å². The molecule has 2 fully saturated rings. The van der Waals surface area contributed by atoms with Crippen molar-refractivity contribution in [3.63, 3.8) is 0 Å². The van der Waals surface area contributed by atoms with E-state index in [0.717, 1.165) is 32.6 Å². The highest BCUT2D eigenvalue weighted by molar-refractivity contribution is 7.89. The van der Waals surface area contributed by atoms with Crippen LogP contribution in [0.25, 0.3) is 0 Å². The lowest BCUT2D eigenvalue weighted by atomic mass is 10.1. The summed E-state index contributed by atoms with van der Waals surface area (Å²) < 4.78 is 32.6. The summed E-state index contributed by atoms with van der Waals surface area (Å²) in [4.78, 5) is 16.8. The van der Waals surface area contributed by atoms with Crippen LogP contribution in [0.4, 0.5) is 0 Å². The Labute approximate surface area is 155 Å². The number of amides is 1. The number of hydrogen-bond donors (Lipinski definition) is 2. The Morgan fingerprint density at radius 1 is 1.23 bits per heavy atom. The summed E-state index contributed by atoms with van der Waals surface area (Å²) in [5.41, 5.74) is -0.624. The Hall–Kier alpha value is -1.42. The molecule has 1 unspecified atom stereocenters. The molecule has 1 amide bonds.